The maximum absolute atomic E-state index is 12.8. The van der Waals surface area contributed by atoms with Crippen LogP contribution in [0.3, 0.4) is 0 Å². The van der Waals surface area contributed by atoms with E-state index >= 15 is 0 Å². The van der Waals surface area contributed by atoms with Crippen LogP contribution in [0.25, 0.3) is 11.4 Å². The van der Waals surface area contributed by atoms with Crippen molar-refractivity contribution in [2.45, 2.75) is 12.7 Å². The smallest absolute Gasteiger partial charge is 0.417 e. The van der Waals surface area contributed by atoms with Crippen LogP contribution in [0.2, 0.25) is 5.02 Å². The van der Waals surface area contributed by atoms with Gasteiger partial charge in [0.2, 0.25) is 11.7 Å². The van der Waals surface area contributed by atoms with Crippen molar-refractivity contribution in [1.82, 2.24) is 20.0 Å². The van der Waals surface area contributed by atoms with Crippen LogP contribution in [0.15, 0.2) is 41.1 Å². The lowest BCUT2D eigenvalue weighted by molar-refractivity contribution is -0.137. The van der Waals surface area contributed by atoms with E-state index in [2.05, 4.69) is 20.0 Å². The highest BCUT2D eigenvalue weighted by Crippen LogP contribution is 2.34. The predicted molar refractivity (Wildman–Crippen MR) is 108 cm³/mol. The number of alkyl halides is 3. The molecule has 164 valence electrons. The molecule has 4 rings (SSSR count). The second-order valence-corrected chi connectivity index (χ2v) is 7.41. The third-order valence-corrected chi connectivity index (χ3v) is 5.27. The Labute approximate surface area is 181 Å². The molecule has 11 heteroatoms. The predicted octanol–water partition coefficient (Wildman–Crippen LogP) is 4.13. The van der Waals surface area contributed by atoms with E-state index in [1.807, 2.05) is 29.2 Å². The summed E-state index contributed by atoms with van der Waals surface area (Å²) in [6.07, 6.45) is -3.66. The molecular weight excluding hydrogens is 435 g/mol. The zero-order valence-corrected chi connectivity index (χ0v) is 17.3. The van der Waals surface area contributed by atoms with E-state index in [4.69, 9.17) is 20.9 Å². The van der Waals surface area contributed by atoms with Gasteiger partial charge in [0.05, 0.1) is 29.8 Å². The minimum atomic E-state index is -4.47. The quantitative estimate of drug-likeness (QED) is 0.575. The first kappa shape index (κ1) is 21.4. The van der Waals surface area contributed by atoms with E-state index in [0.717, 1.165) is 17.8 Å². The van der Waals surface area contributed by atoms with Crippen molar-refractivity contribution in [3.05, 3.63) is 53.0 Å². The number of pyridine rings is 1. The first-order valence-electron chi connectivity index (χ1n) is 9.51. The summed E-state index contributed by atoms with van der Waals surface area (Å²) in [7, 11) is 1.58. The number of halogens is 4. The number of benzene rings is 1. The van der Waals surface area contributed by atoms with Crippen molar-refractivity contribution in [1.29, 1.82) is 0 Å². The Hall–Kier alpha value is -2.85. The van der Waals surface area contributed by atoms with Crippen LogP contribution in [-0.4, -0.2) is 53.3 Å². The molecule has 3 aromatic rings. The molecule has 3 heterocycles. The van der Waals surface area contributed by atoms with Crippen molar-refractivity contribution in [2.24, 2.45) is 0 Å². The van der Waals surface area contributed by atoms with Crippen LogP contribution in [0.5, 0.6) is 5.75 Å². The number of aromatic nitrogens is 3. The number of methoxy groups -OCH3 is 1. The second kappa shape index (κ2) is 8.72. The molecule has 2 aromatic heterocycles. The molecule has 1 aliphatic heterocycles. The SMILES string of the molecule is COc1ccccc1-c1noc(CN2CCN(c3ncc(C(F)(F)F)cc3Cl)CC2)n1. The standard InChI is InChI=1S/C20H19ClF3N5O2/c1-30-16-5-3-2-4-14(16)18-26-17(31-27-18)12-28-6-8-29(9-7-28)19-15(21)10-13(11-25-19)20(22,23)24/h2-5,10-11H,6-9,12H2,1H3. The van der Waals surface area contributed by atoms with Crippen molar-refractivity contribution in [3.8, 4) is 17.1 Å². The topological polar surface area (TPSA) is 67.5 Å². The summed E-state index contributed by atoms with van der Waals surface area (Å²) in [5, 5.41) is 4.03. The molecule has 0 unspecified atom stereocenters. The molecule has 0 atom stereocenters. The Morgan fingerprint density at radius 1 is 1.16 bits per heavy atom. The molecule has 0 saturated carbocycles. The summed E-state index contributed by atoms with van der Waals surface area (Å²) in [6.45, 7) is 2.87. The summed E-state index contributed by atoms with van der Waals surface area (Å²) in [5.74, 6) is 1.93. The van der Waals surface area contributed by atoms with Gasteiger partial charge in [0.1, 0.15) is 11.6 Å². The third-order valence-electron chi connectivity index (χ3n) is 5.00. The van der Waals surface area contributed by atoms with Crippen LogP contribution in [0, 0.1) is 0 Å². The average Bonchev–Trinajstić information content (AvgIpc) is 3.22. The normalized spacial score (nSPS) is 15.3. The zero-order valence-electron chi connectivity index (χ0n) is 16.6. The van der Waals surface area contributed by atoms with Gasteiger partial charge in [0, 0.05) is 32.4 Å². The molecule has 1 aromatic carbocycles. The van der Waals surface area contributed by atoms with Crippen LogP contribution in [-0.2, 0) is 12.7 Å². The van der Waals surface area contributed by atoms with E-state index in [1.165, 1.54) is 0 Å². The zero-order chi connectivity index (χ0) is 22.0. The number of piperazine rings is 1. The first-order chi connectivity index (χ1) is 14.8. The molecule has 0 aliphatic carbocycles. The molecule has 1 saturated heterocycles. The third kappa shape index (κ3) is 4.75. The number of anilines is 1. The lowest BCUT2D eigenvalue weighted by Crippen LogP contribution is -2.46. The fraction of sp³-hybridized carbons (Fsp3) is 0.350. The van der Waals surface area contributed by atoms with Gasteiger partial charge in [-0.2, -0.15) is 18.2 Å². The summed E-state index contributed by atoms with van der Waals surface area (Å²) in [4.78, 5) is 12.4. The van der Waals surface area contributed by atoms with E-state index in [9.17, 15) is 13.2 Å². The van der Waals surface area contributed by atoms with Gasteiger partial charge in [0.25, 0.3) is 0 Å². The molecule has 7 nitrogen and oxygen atoms in total. The first-order valence-corrected chi connectivity index (χ1v) is 9.89. The summed E-state index contributed by atoms with van der Waals surface area (Å²) in [5.41, 5.74) is -0.116. The number of nitrogens with zero attached hydrogens (tertiary/aromatic N) is 5. The van der Waals surface area contributed by atoms with Gasteiger partial charge in [-0.15, -0.1) is 0 Å². The largest absolute Gasteiger partial charge is 0.496 e. The van der Waals surface area contributed by atoms with Crippen molar-refractivity contribution >= 4 is 17.4 Å². The number of ether oxygens (including phenoxy) is 1. The summed E-state index contributed by atoms with van der Waals surface area (Å²) in [6, 6.07) is 8.32. The van der Waals surface area contributed by atoms with Gasteiger partial charge in [-0.3, -0.25) is 4.90 Å². The van der Waals surface area contributed by atoms with Crippen LogP contribution in [0.4, 0.5) is 19.0 Å². The Bertz CT molecular complexity index is 1050. The highest BCUT2D eigenvalue weighted by molar-refractivity contribution is 6.33. The molecule has 0 bridgehead atoms. The van der Waals surface area contributed by atoms with Gasteiger partial charge < -0.3 is 14.2 Å². The molecule has 1 aliphatic rings. The Balaban J connectivity index is 1.38. The average molecular weight is 454 g/mol. The van der Waals surface area contributed by atoms with Gasteiger partial charge >= 0.3 is 6.18 Å². The highest BCUT2D eigenvalue weighted by Gasteiger charge is 2.32. The van der Waals surface area contributed by atoms with Gasteiger partial charge in [-0.1, -0.05) is 28.9 Å². The molecule has 31 heavy (non-hydrogen) atoms. The number of para-hydroxylation sites is 1. The van der Waals surface area contributed by atoms with E-state index in [0.29, 0.717) is 56.0 Å². The lowest BCUT2D eigenvalue weighted by Gasteiger charge is -2.35. The molecular formula is C20H19ClF3N5O2. The van der Waals surface area contributed by atoms with E-state index < -0.39 is 11.7 Å². The van der Waals surface area contributed by atoms with Crippen molar-refractivity contribution < 1.29 is 22.4 Å². The van der Waals surface area contributed by atoms with E-state index in [1.54, 1.807) is 7.11 Å². The summed E-state index contributed by atoms with van der Waals surface area (Å²) >= 11 is 6.06. The van der Waals surface area contributed by atoms with Crippen LogP contribution < -0.4 is 9.64 Å². The van der Waals surface area contributed by atoms with Gasteiger partial charge in [0.15, 0.2) is 0 Å². The molecule has 0 radical (unpaired) electrons. The molecule has 0 N–H and O–H groups in total. The monoisotopic (exact) mass is 453 g/mol. The van der Waals surface area contributed by atoms with Crippen LogP contribution in [0.1, 0.15) is 11.5 Å². The Morgan fingerprint density at radius 3 is 2.58 bits per heavy atom. The minimum Gasteiger partial charge on any atom is -0.496 e. The number of rotatable bonds is 5. The fourth-order valence-corrected chi connectivity index (χ4v) is 3.67. The molecule has 1 fully saturated rings. The lowest BCUT2D eigenvalue weighted by atomic mass is 10.2. The maximum atomic E-state index is 12.8. The second-order valence-electron chi connectivity index (χ2n) is 7.00. The maximum Gasteiger partial charge on any atom is 0.417 e. The van der Waals surface area contributed by atoms with Crippen molar-refractivity contribution in [2.75, 3.05) is 38.2 Å². The number of hydrogen-bond acceptors (Lipinski definition) is 7. The summed E-state index contributed by atoms with van der Waals surface area (Å²) < 4.78 is 49.1. The minimum absolute atomic E-state index is 0.0124. The van der Waals surface area contributed by atoms with E-state index in [-0.39, 0.29) is 5.02 Å². The number of hydrogen-bond donors (Lipinski definition) is 0. The van der Waals surface area contributed by atoms with Crippen molar-refractivity contribution in [3.63, 3.8) is 0 Å². The molecule has 0 spiro atoms. The van der Waals surface area contributed by atoms with Crippen LogP contribution >= 0.6 is 11.6 Å². The van der Waals surface area contributed by atoms with Gasteiger partial charge in [-0.25, -0.2) is 4.98 Å². The Morgan fingerprint density at radius 2 is 1.90 bits per heavy atom. The highest BCUT2D eigenvalue weighted by atomic mass is 35.5. The Kier molecular flexibility index (Phi) is 6.01. The van der Waals surface area contributed by atoms with Gasteiger partial charge in [-0.05, 0) is 18.2 Å². The molecule has 0 amide bonds. The fourth-order valence-electron chi connectivity index (χ4n) is 3.39.